The van der Waals surface area contributed by atoms with E-state index in [-0.39, 0.29) is 0 Å². The minimum absolute atomic E-state index is 0.724. The second-order valence-electron chi connectivity index (χ2n) is 3.97. The molecule has 0 atom stereocenters. The molecule has 2 aromatic heterocycles. The van der Waals surface area contributed by atoms with Crippen LogP contribution >= 0.6 is 0 Å². The van der Waals surface area contributed by atoms with Crippen molar-refractivity contribution in [3.63, 3.8) is 0 Å². The quantitative estimate of drug-likeness (QED) is 0.624. The highest BCUT2D eigenvalue weighted by molar-refractivity contribution is 5.62. The van der Waals surface area contributed by atoms with Crippen LogP contribution < -0.4 is 0 Å². The lowest BCUT2D eigenvalue weighted by molar-refractivity contribution is 0.983. The summed E-state index contributed by atoms with van der Waals surface area (Å²) in [6.45, 7) is 2.10. The van der Waals surface area contributed by atoms with Crippen molar-refractivity contribution >= 4 is 17.4 Å². The van der Waals surface area contributed by atoms with Gasteiger partial charge in [-0.05, 0) is 24.6 Å². The number of aliphatic imine (C=N–C) groups is 2. The summed E-state index contributed by atoms with van der Waals surface area (Å²) >= 11 is 0. The first-order valence-corrected chi connectivity index (χ1v) is 6.39. The standard InChI is InChI=1S/C16H14N4/c1-2-3-4-5-14-12-18-11-8-16(14)20-13-19-15-6-9-17-10-7-15/h6-12H,2-3H2,1H3. The van der Waals surface area contributed by atoms with Crippen molar-refractivity contribution in [1.82, 2.24) is 9.97 Å². The fourth-order valence-corrected chi connectivity index (χ4v) is 1.42. The maximum atomic E-state index is 4.20. The Morgan fingerprint density at radius 1 is 1.05 bits per heavy atom. The molecule has 4 heteroatoms. The number of hydrogen-bond donors (Lipinski definition) is 0. The van der Waals surface area contributed by atoms with E-state index in [4.69, 9.17) is 0 Å². The Kier molecular flexibility index (Phi) is 5.21. The van der Waals surface area contributed by atoms with Crippen molar-refractivity contribution in [2.75, 3.05) is 0 Å². The maximum absolute atomic E-state index is 4.20. The molecule has 0 aliphatic heterocycles. The fourth-order valence-electron chi connectivity index (χ4n) is 1.42. The summed E-state index contributed by atoms with van der Waals surface area (Å²) in [7, 11) is 0. The van der Waals surface area contributed by atoms with Gasteiger partial charge in [0.25, 0.3) is 0 Å². The lowest BCUT2D eigenvalue weighted by Crippen LogP contribution is -1.79. The normalized spacial score (nSPS) is 9.05. The van der Waals surface area contributed by atoms with Gasteiger partial charge in [0.1, 0.15) is 6.01 Å². The average Bonchev–Trinajstić information content (AvgIpc) is 2.50. The van der Waals surface area contributed by atoms with Gasteiger partial charge >= 0.3 is 0 Å². The Bertz CT molecular complexity index is 674. The monoisotopic (exact) mass is 262 g/mol. The molecule has 4 nitrogen and oxygen atoms in total. The van der Waals surface area contributed by atoms with E-state index in [1.807, 2.05) is 0 Å². The van der Waals surface area contributed by atoms with Crippen LogP contribution in [-0.4, -0.2) is 16.0 Å². The molecule has 98 valence electrons. The molecule has 0 saturated heterocycles. The summed E-state index contributed by atoms with van der Waals surface area (Å²) in [5.74, 6) is 6.15. The van der Waals surface area contributed by atoms with Gasteiger partial charge < -0.3 is 0 Å². The lowest BCUT2D eigenvalue weighted by atomic mass is 10.2. The topological polar surface area (TPSA) is 50.5 Å². The first-order valence-electron chi connectivity index (χ1n) is 6.39. The molecule has 0 unspecified atom stereocenters. The number of rotatable bonds is 3. The Labute approximate surface area is 118 Å². The van der Waals surface area contributed by atoms with Gasteiger partial charge in [-0.25, -0.2) is 0 Å². The molecule has 0 radical (unpaired) electrons. The van der Waals surface area contributed by atoms with Crippen LogP contribution in [0.2, 0.25) is 0 Å². The van der Waals surface area contributed by atoms with Crippen molar-refractivity contribution in [2.45, 2.75) is 19.8 Å². The maximum Gasteiger partial charge on any atom is 0.101 e. The van der Waals surface area contributed by atoms with Gasteiger partial charge in [-0.1, -0.05) is 18.8 Å². The van der Waals surface area contributed by atoms with E-state index in [1.165, 1.54) is 0 Å². The zero-order chi connectivity index (χ0) is 14.0. The molecule has 0 fully saturated rings. The molecule has 0 spiro atoms. The largest absolute Gasteiger partial charge is 0.265 e. The summed E-state index contributed by atoms with van der Waals surface area (Å²) in [6.07, 6.45) is 8.63. The Hall–Kier alpha value is -2.76. The van der Waals surface area contributed by atoms with Gasteiger partial charge in [0, 0.05) is 31.2 Å². The first kappa shape index (κ1) is 13.7. The zero-order valence-electron chi connectivity index (χ0n) is 11.2. The van der Waals surface area contributed by atoms with Crippen molar-refractivity contribution in [3.8, 4) is 11.8 Å². The fraction of sp³-hybridized carbons (Fsp3) is 0.188. The summed E-state index contributed by atoms with van der Waals surface area (Å²) in [4.78, 5) is 16.3. The zero-order valence-corrected chi connectivity index (χ0v) is 11.2. The number of nitrogens with zero attached hydrogens (tertiary/aromatic N) is 4. The van der Waals surface area contributed by atoms with Crippen molar-refractivity contribution < 1.29 is 0 Å². The molecule has 20 heavy (non-hydrogen) atoms. The van der Waals surface area contributed by atoms with Crippen LogP contribution in [0.1, 0.15) is 25.3 Å². The van der Waals surface area contributed by atoms with Gasteiger partial charge in [-0.2, -0.15) is 9.98 Å². The first-order chi connectivity index (χ1) is 9.90. The number of unbranched alkanes of at least 4 members (excludes halogenated alkanes) is 1. The van der Waals surface area contributed by atoms with Gasteiger partial charge in [-0.15, -0.1) is 0 Å². The molecule has 2 rings (SSSR count). The number of hydrogen-bond acceptors (Lipinski definition) is 4. The minimum atomic E-state index is 0.724. The van der Waals surface area contributed by atoms with Gasteiger partial charge in [0.05, 0.1) is 16.9 Å². The third kappa shape index (κ3) is 4.16. The summed E-state index contributed by atoms with van der Waals surface area (Å²) in [5, 5.41) is 0. The van der Waals surface area contributed by atoms with E-state index in [1.54, 1.807) is 43.0 Å². The summed E-state index contributed by atoms with van der Waals surface area (Å²) in [5.41, 5.74) is 2.27. The molecule has 0 aromatic carbocycles. The smallest absolute Gasteiger partial charge is 0.101 e. The molecule has 0 aliphatic carbocycles. The van der Waals surface area contributed by atoms with Crippen LogP contribution in [0.25, 0.3) is 0 Å². The Morgan fingerprint density at radius 3 is 2.65 bits per heavy atom. The predicted octanol–water partition coefficient (Wildman–Crippen LogP) is 3.77. The van der Waals surface area contributed by atoms with Crippen molar-refractivity contribution in [1.29, 1.82) is 0 Å². The Morgan fingerprint density at radius 2 is 1.85 bits per heavy atom. The van der Waals surface area contributed by atoms with Crippen LogP contribution in [-0.2, 0) is 0 Å². The molecular weight excluding hydrogens is 248 g/mol. The van der Waals surface area contributed by atoms with Gasteiger partial charge in [0.15, 0.2) is 0 Å². The molecule has 0 bridgehead atoms. The molecular formula is C16H14N4. The second-order valence-corrected chi connectivity index (χ2v) is 3.97. The van der Waals surface area contributed by atoms with Crippen LogP contribution in [0.15, 0.2) is 53.0 Å². The summed E-state index contributed by atoms with van der Waals surface area (Å²) in [6, 6.07) is 8.05. The lowest BCUT2D eigenvalue weighted by Gasteiger charge is -1.94. The van der Waals surface area contributed by atoms with Crippen LogP contribution in [0.5, 0.6) is 0 Å². The van der Waals surface area contributed by atoms with Gasteiger partial charge in [-0.3, -0.25) is 9.97 Å². The van der Waals surface area contributed by atoms with Gasteiger partial charge in [0.2, 0.25) is 0 Å². The third-order valence-electron chi connectivity index (χ3n) is 2.41. The van der Waals surface area contributed by atoms with E-state index >= 15 is 0 Å². The molecule has 0 saturated carbocycles. The number of aromatic nitrogens is 2. The van der Waals surface area contributed by atoms with E-state index < -0.39 is 0 Å². The summed E-state index contributed by atoms with van der Waals surface area (Å²) < 4.78 is 0. The predicted molar refractivity (Wildman–Crippen MR) is 79.4 cm³/mol. The molecule has 0 aliphatic rings. The number of pyridine rings is 2. The third-order valence-corrected chi connectivity index (χ3v) is 2.41. The minimum Gasteiger partial charge on any atom is -0.265 e. The molecule has 2 aromatic rings. The average molecular weight is 262 g/mol. The second kappa shape index (κ2) is 7.63. The van der Waals surface area contributed by atoms with Crippen LogP contribution in [0.4, 0.5) is 11.4 Å². The van der Waals surface area contributed by atoms with E-state index in [0.29, 0.717) is 0 Å². The van der Waals surface area contributed by atoms with E-state index in [0.717, 1.165) is 29.8 Å². The van der Waals surface area contributed by atoms with Crippen molar-refractivity contribution in [3.05, 3.63) is 48.5 Å². The highest BCUT2D eigenvalue weighted by atomic mass is 14.8. The molecule has 0 N–H and O–H groups in total. The van der Waals surface area contributed by atoms with Crippen LogP contribution in [0.3, 0.4) is 0 Å². The molecule has 0 amide bonds. The molecule has 2 heterocycles. The van der Waals surface area contributed by atoms with E-state index in [2.05, 4.69) is 44.7 Å². The van der Waals surface area contributed by atoms with E-state index in [9.17, 15) is 0 Å². The van der Waals surface area contributed by atoms with Crippen LogP contribution in [0, 0.1) is 11.8 Å². The Balaban J connectivity index is 2.22. The highest BCUT2D eigenvalue weighted by Crippen LogP contribution is 2.15. The SMILES string of the molecule is CCCC#Cc1cnccc1N=C=Nc1ccncc1. The highest BCUT2D eigenvalue weighted by Gasteiger charge is 1.95. The van der Waals surface area contributed by atoms with Crippen molar-refractivity contribution in [2.24, 2.45) is 9.98 Å².